The summed E-state index contributed by atoms with van der Waals surface area (Å²) in [6, 6.07) is -0.244. The van der Waals surface area contributed by atoms with E-state index in [-0.39, 0.29) is 11.9 Å². The summed E-state index contributed by atoms with van der Waals surface area (Å²) in [4.78, 5) is 13.7. The van der Waals surface area contributed by atoms with E-state index in [4.69, 9.17) is 0 Å². The second-order valence-corrected chi connectivity index (χ2v) is 6.39. The zero-order valence-electron chi connectivity index (χ0n) is 10.9. The summed E-state index contributed by atoms with van der Waals surface area (Å²) in [5.41, 5.74) is 0. The van der Waals surface area contributed by atoms with E-state index in [1.165, 1.54) is 10.6 Å². The second kappa shape index (κ2) is 6.31. The minimum Gasteiger partial charge on any atom is -0.351 e. The summed E-state index contributed by atoms with van der Waals surface area (Å²) >= 11 is 0. The molecule has 0 bridgehead atoms. The third-order valence-corrected chi connectivity index (χ3v) is 4.39. The molecule has 0 aromatic carbocycles. The highest BCUT2D eigenvalue weighted by molar-refractivity contribution is 7.88. The smallest absolute Gasteiger partial charge is 0.237 e. The molecule has 1 N–H and O–H groups in total. The average molecular weight is 275 g/mol. The molecular formula is C11H21N3O3S. The monoisotopic (exact) mass is 275 g/mol. The van der Waals surface area contributed by atoms with E-state index in [9.17, 15) is 13.2 Å². The Morgan fingerprint density at radius 1 is 1.39 bits per heavy atom. The fourth-order valence-corrected chi connectivity index (χ4v) is 2.74. The van der Waals surface area contributed by atoms with Crippen LogP contribution in [0.3, 0.4) is 0 Å². The molecule has 0 saturated carbocycles. The van der Waals surface area contributed by atoms with Crippen molar-refractivity contribution >= 4 is 15.9 Å². The first kappa shape index (κ1) is 15.1. The second-order valence-electron chi connectivity index (χ2n) is 4.41. The molecular weight excluding hydrogens is 254 g/mol. The zero-order valence-corrected chi connectivity index (χ0v) is 11.7. The van der Waals surface area contributed by atoms with Gasteiger partial charge < -0.3 is 5.32 Å². The Hall–Kier alpha value is -0.920. The largest absolute Gasteiger partial charge is 0.351 e. The molecule has 0 spiro atoms. The van der Waals surface area contributed by atoms with Crippen LogP contribution in [0.4, 0.5) is 0 Å². The summed E-state index contributed by atoms with van der Waals surface area (Å²) in [6.45, 7) is 7.86. The van der Waals surface area contributed by atoms with Gasteiger partial charge in [0.1, 0.15) is 0 Å². The van der Waals surface area contributed by atoms with Gasteiger partial charge in [0.05, 0.1) is 12.3 Å². The van der Waals surface area contributed by atoms with Crippen LogP contribution in [0.15, 0.2) is 12.7 Å². The predicted molar refractivity (Wildman–Crippen MR) is 70.7 cm³/mol. The standard InChI is InChI=1S/C11H21N3O3S/c1-4-5-12-11(15)10(2)13-6-8-14(9-7-13)18(3,16)17/h4,10H,1,5-9H2,2-3H3,(H,12,15). The Labute approximate surface area is 109 Å². The van der Waals surface area contributed by atoms with E-state index < -0.39 is 10.0 Å². The topological polar surface area (TPSA) is 69.7 Å². The lowest BCUT2D eigenvalue weighted by atomic mass is 10.2. The summed E-state index contributed by atoms with van der Waals surface area (Å²) in [5, 5.41) is 2.74. The fraction of sp³-hybridized carbons (Fsp3) is 0.727. The van der Waals surface area contributed by atoms with Crippen molar-refractivity contribution in [3.63, 3.8) is 0 Å². The number of hydrogen-bond donors (Lipinski definition) is 1. The van der Waals surface area contributed by atoms with Crippen molar-refractivity contribution in [1.29, 1.82) is 0 Å². The van der Waals surface area contributed by atoms with E-state index in [2.05, 4.69) is 11.9 Å². The molecule has 1 atom stereocenters. The van der Waals surface area contributed by atoms with Crippen LogP contribution in [0.1, 0.15) is 6.92 Å². The van der Waals surface area contributed by atoms with Gasteiger partial charge in [0.2, 0.25) is 15.9 Å². The zero-order chi connectivity index (χ0) is 13.8. The van der Waals surface area contributed by atoms with E-state index >= 15 is 0 Å². The molecule has 1 saturated heterocycles. The maximum atomic E-state index is 11.7. The molecule has 0 aliphatic carbocycles. The van der Waals surface area contributed by atoms with Crippen molar-refractivity contribution in [2.75, 3.05) is 39.0 Å². The summed E-state index contributed by atoms with van der Waals surface area (Å²) in [5.74, 6) is -0.0531. The van der Waals surface area contributed by atoms with Gasteiger partial charge in [-0.2, -0.15) is 4.31 Å². The highest BCUT2D eigenvalue weighted by Crippen LogP contribution is 2.09. The number of hydrogen-bond acceptors (Lipinski definition) is 4. The highest BCUT2D eigenvalue weighted by Gasteiger charge is 2.28. The molecule has 1 amide bonds. The molecule has 104 valence electrons. The maximum Gasteiger partial charge on any atom is 0.237 e. The quantitative estimate of drug-likeness (QED) is 0.671. The van der Waals surface area contributed by atoms with Crippen molar-refractivity contribution in [3.8, 4) is 0 Å². The van der Waals surface area contributed by atoms with Gasteiger partial charge in [-0.25, -0.2) is 8.42 Å². The van der Waals surface area contributed by atoms with E-state index in [1.807, 2.05) is 11.8 Å². The minimum atomic E-state index is -3.12. The Bertz CT molecular complexity index is 400. The predicted octanol–water partition coefficient (Wildman–Crippen LogP) is -0.746. The van der Waals surface area contributed by atoms with Crippen LogP contribution in [0.25, 0.3) is 0 Å². The van der Waals surface area contributed by atoms with Gasteiger partial charge in [0, 0.05) is 32.7 Å². The van der Waals surface area contributed by atoms with Gasteiger partial charge in [0.25, 0.3) is 0 Å². The normalized spacial score (nSPS) is 20.3. The number of amides is 1. The first-order chi connectivity index (χ1) is 8.36. The van der Waals surface area contributed by atoms with Gasteiger partial charge in [-0.15, -0.1) is 6.58 Å². The van der Waals surface area contributed by atoms with Crippen LogP contribution in [0.2, 0.25) is 0 Å². The highest BCUT2D eigenvalue weighted by atomic mass is 32.2. The van der Waals surface area contributed by atoms with E-state index in [0.29, 0.717) is 32.7 Å². The summed E-state index contributed by atoms with van der Waals surface area (Å²) < 4.78 is 24.2. The number of piperazine rings is 1. The lowest BCUT2D eigenvalue weighted by Crippen LogP contribution is -2.54. The molecule has 0 aromatic heterocycles. The Balaban J connectivity index is 2.47. The number of sulfonamides is 1. The lowest BCUT2D eigenvalue weighted by molar-refractivity contribution is -0.126. The third kappa shape index (κ3) is 4.08. The van der Waals surface area contributed by atoms with Gasteiger partial charge in [0.15, 0.2) is 0 Å². The number of rotatable bonds is 5. The molecule has 1 rings (SSSR count). The van der Waals surface area contributed by atoms with Crippen molar-refractivity contribution < 1.29 is 13.2 Å². The molecule has 1 heterocycles. The molecule has 1 fully saturated rings. The Morgan fingerprint density at radius 3 is 2.39 bits per heavy atom. The van der Waals surface area contributed by atoms with Crippen LogP contribution >= 0.6 is 0 Å². The molecule has 6 nitrogen and oxygen atoms in total. The molecule has 0 radical (unpaired) electrons. The number of carbonyl (C=O) groups is 1. The Morgan fingerprint density at radius 2 is 1.94 bits per heavy atom. The SMILES string of the molecule is C=CCNC(=O)C(C)N1CCN(S(C)(=O)=O)CC1. The number of carbonyl (C=O) groups excluding carboxylic acids is 1. The average Bonchev–Trinajstić information content (AvgIpc) is 2.34. The molecule has 0 aromatic rings. The summed E-state index contributed by atoms with van der Waals surface area (Å²) in [7, 11) is -3.12. The van der Waals surface area contributed by atoms with E-state index in [0.717, 1.165) is 0 Å². The maximum absolute atomic E-state index is 11.7. The van der Waals surface area contributed by atoms with Crippen LogP contribution in [0, 0.1) is 0 Å². The molecule has 7 heteroatoms. The molecule has 18 heavy (non-hydrogen) atoms. The molecule has 1 unspecified atom stereocenters. The minimum absolute atomic E-state index is 0.0531. The molecule has 1 aliphatic heterocycles. The van der Waals surface area contributed by atoms with Crippen molar-refractivity contribution in [2.45, 2.75) is 13.0 Å². The van der Waals surface area contributed by atoms with Crippen molar-refractivity contribution in [2.24, 2.45) is 0 Å². The van der Waals surface area contributed by atoms with Crippen LogP contribution in [-0.2, 0) is 14.8 Å². The Kier molecular flexibility index (Phi) is 5.30. The number of nitrogens with one attached hydrogen (secondary N) is 1. The van der Waals surface area contributed by atoms with Gasteiger partial charge in [-0.3, -0.25) is 9.69 Å². The third-order valence-electron chi connectivity index (χ3n) is 3.09. The first-order valence-corrected chi connectivity index (χ1v) is 7.79. The fourth-order valence-electron chi connectivity index (χ4n) is 1.91. The van der Waals surface area contributed by atoms with Crippen molar-refractivity contribution in [1.82, 2.24) is 14.5 Å². The summed E-state index contributed by atoms with van der Waals surface area (Å²) in [6.07, 6.45) is 2.84. The van der Waals surface area contributed by atoms with Crippen molar-refractivity contribution in [3.05, 3.63) is 12.7 Å². The van der Waals surface area contributed by atoms with Gasteiger partial charge in [-0.05, 0) is 6.92 Å². The molecule has 1 aliphatic rings. The van der Waals surface area contributed by atoms with Crippen LogP contribution < -0.4 is 5.32 Å². The van der Waals surface area contributed by atoms with Gasteiger partial charge >= 0.3 is 0 Å². The van der Waals surface area contributed by atoms with E-state index in [1.54, 1.807) is 6.08 Å². The van der Waals surface area contributed by atoms with Gasteiger partial charge in [-0.1, -0.05) is 6.08 Å². The van der Waals surface area contributed by atoms with Crippen LogP contribution in [-0.4, -0.2) is 68.6 Å². The first-order valence-electron chi connectivity index (χ1n) is 5.94. The van der Waals surface area contributed by atoms with Crippen LogP contribution in [0.5, 0.6) is 0 Å². The lowest BCUT2D eigenvalue weighted by Gasteiger charge is -2.36. The number of nitrogens with zero attached hydrogens (tertiary/aromatic N) is 2.